The average Bonchev–Trinajstić information content (AvgIpc) is 2.35. The molecule has 0 saturated heterocycles. The fourth-order valence-electron chi connectivity index (χ4n) is 1.78. The van der Waals surface area contributed by atoms with Gasteiger partial charge in [-0.2, -0.15) is 0 Å². The molecule has 0 aromatic heterocycles. The van der Waals surface area contributed by atoms with Crippen LogP contribution < -0.4 is 14.2 Å². The SMILES string of the molecule is C=CCOc1cc(C(C)=O)c(OC(C)C)cc1OC(C)C. The summed E-state index contributed by atoms with van der Waals surface area (Å²) >= 11 is 0. The summed E-state index contributed by atoms with van der Waals surface area (Å²) in [7, 11) is 0. The molecule has 0 heterocycles. The number of Topliss-reactive ketones (excluding diaryl/α,β-unsaturated/α-hetero) is 1. The molecule has 0 N–H and O–H groups in total. The van der Waals surface area contributed by atoms with Crippen LogP contribution in [0.25, 0.3) is 0 Å². The molecular weight excluding hydrogens is 268 g/mol. The van der Waals surface area contributed by atoms with Crippen LogP contribution in [-0.4, -0.2) is 24.6 Å². The van der Waals surface area contributed by atoms with Gasteiger partial charge in [-0.15, -0.1) is 0 Å². The van der Waals surface area contributed by atoms with Crippen LogP contribution in [0.15, 0.2) is 24.8 Å². The number of carbonyl (C=O) groups is 1. The van der Waals surface area contributed by atoms with Gasteiger partial charge in [0, 0.05) is 6.07 Å². The molecule has 0 aliphatic carbocycles. The van der Waals surface area contributed by atoms with E-state index in [1.165, 1.54) is 6.92 Å². The normalized spacial score (nSPS) is 10.6. The van der Waals surface area contributed by atoms with Crippen molar-refractivity contribution >= 4 is 5.78 Å². The van der Waals surface area contributed by atoms with Gasteiger partial charge in [-0.25, -0.2) is 0 Å². The summed E-state index contributed by atoms with van der Waals surface area (Å²) in [6, 6.07) is 3.39. The first-order chi connectivity index (χ1) is 9.85. The molecule has 1 aromatic carbocycles. The summed E-state index contributed by atoms with van der Waals surface area (Å²) in [4.78, 5) is 11.8. The van der Waals surface area contributed by atoms with Gasteiger partial charge in [-0.1, -0.05) is 12.7 Å². The molecule has 4 nitrogen and oxygen atoms in total. The molecule has 0 radical (unpaired) electrons. The van der Waals surface area contributed by atoms with Crippen molar-refractivity contribution in [3.63, 3.8) is 0 Å². The van der Waals surface area contributed by atoms with Crippen molar-refractivity contribution in [3.8, 4) is 17.2 Å². The Bertz CT molecular complexity index is 504. The quantitative estimate of drug-likeness (QED) is 0.536. The predicted molar refractivity (Wildman–Crippen MR) is 83.7 cm³/mol. The van der Waals surface area contributed by atoms with Crippen molar-refractivity contribution < 1.29 is 19.0 Å². The molecule has 0 amide bonds. The Morgan fingerprint density at radius 2 is 1.67 bits per heavy atom. The van der Waals surface area contributed by atoms with Crippen LogP contribution in [0.4, 0.5) is 0 Å². The molecule has 0 spiro atoms. The van der Waals surface area contributed by atoms with Gasteiger partial charge in [0.05, 0.1) is 17.8 Å². The molecule has 0 atom stereocenters. The van der Waals surface area contributed by atoms with Crippen molar-refractivity contribution in [2.75, 3.05) is 6.61 Å². The maximum Gasteiger partial charge on any atom is 0.165 e. The Balaban J connectivity index is 3.30. The van der Waals surface area contributed by atoms with E-state index >= 15 is 0 Å². The maximum atomic E-state index is 11.8. The van der Waals surface area contributed by atoms with E-state index < -0.39 is 0 Å². The lowest BCUT2D eigenvalue weighted by molar-refractivity contribution is 0.101. The standard InChI is InChI=1S/C17H24O4/c1-7-8-19-16-9-14(13(6)18)15(20-11(2)3)10-17(16)21-12(4)5/h7,9-12H,1,8H2,2-6H3. The molecule has 0 aliphatic rings. The summed E-state index contributed by atoms with van der Waals surface area (Å²) in [5.41, 5.74) is 0.485. The number of hydrogen-bond donors (Lipinski definition) is 0. The van der Waals surface area contributed by atoms with Crippen LogP contribution >= 0.6 is 0 Å². The Morgan fingerprint density at radius 3 is 2.14 bits per heavy atom. The van der Waals surface area contributed by atoms with Crippen molar-refractivity contribution in [1.29, 1.82) is 0 Å². The van der Waals surface area contributed by atoms with Crippen LogP contribution in [0.3, 0.4) is 0 Å². The van der Waals surface area contributed by atoms with E-state index in [0.29, 0.717) is 29.4 Å². The molecule has 0 saturated carbocycles. The summed E-state index contributed by atoms with van der Waals surface area (Å²) in [6.07, 6.45) is 1.60. The number of ketones is 1. The third-order valence-electron chi connectivity index (χ3n) is 2.51. The topological polar surface area (TPSA) is 44.8 Å². The minimum atomic E-state index is -0.0785. The van der Waals surface area contributed by atoms with Gasteiger partial charge < -0.3 is 14.2 Å². The zero-order valence-electron chi connectivity index (χ0n) is 13.4. The summed E-state index contributed by atoms with van der Waals surface area (Å²) in [5.74, 6) is 1.52. The van der Waals surface area contributed by atoms with Gasteiger partial charge in [-0.3, -0.25) is 4.79 Å². The van der Waals surface area contributed by atoms with Crippen LogP contribution in [0.2, 0.25) is 0 Å². The molecule has 1 aromatic rings. The van der Waals surface area contributed by atoms with E-state index in [1.807, 2.05) is 27.7 Å². The van der Waals surface area contributed by atoms with Crippen molar-refractivity contribution in [2.45, 2.75) is 46.8 Å². The third kappa shape index (κ3) is 5.14. The fraction of sp³-hybridized carbons (Fsp3) is 0.471. The van der Waals surface area contributed by atoms with Crippen LogP contribution in [0.1, 0.15) is 45.0 Å². The molecule has 21 heavy (non-hydrogen) atoms. The molecule has 0 unspecified atom stereocenters. The first-order valence-electron chi connectivity index (χ1n) is 7.11. The third-order valence-corrected chi connectivity index (χ3v) is 2.51. The van der Waals surface area contributed by atoms with Gasteiger partial charge >= 0.3 is 0 Å². The Labute approximate surface area is 126 Å². The zero-order chi connectivity index (χ0) is 16.0. The van der Waals surface area contributed by atoms with Gasteiger partial charge in [0.2, 0.25) is 0 Å². The Morgan fingerprint density at radius 1 is 1.10 bits per heavy atom. The number of benzene rings is 1. The second-order valence-electron chi connectivity index (χ2n) is 5.28. The number of hydrogen-bond acceptors (Lipinski definition) is 4. The smallest absolute Gasteiger partial charge is 0.165 e. The van der Waals surface area contributed by atoms with E-state index in [0.717, 1.165) is 0 Å². The Kier molecular flexibility index (Phi) is 6.28. The first-order valence-corrected chi connectivity index (χ1v) is 7.11. The van der Waals surface area contributed by atoms with Crippen LogP contribution in [0, 0.1) is 0 Å². The highest BCUT2D eigenvalue weighted by molar-refractivity contribution is 5.97. The number of carbonyl (C=O) groups excluding carboxylic acids is 1. The fourth-order valence-corrected chi connectivity index (χ4v) is 1.78. The maximum absolute atomic E-state index is 11.8. The lowest BCUT2D eigenvalue weighted by atomic mass is 10.1. The molecule has 0 fully saturated rings. The van der Waals surface area contributed by atoms with Gasteiger partial charge in [0.15, 0.2) is 17.3 Å². The first kappa shape index (κ1) is 17.1. The average molecular weight is 292 g/mol. The van der Waals surface area contributed by atoms with E-state index in [-0.39, 0.29) is 18.0 Å². The highest BCUT2D eigenvalue weighted by atomic mass is 16.5. The minimum Gasteiger partial charge on any atom is -0.490 e. The molecular formula is C17H24O4. The minimum absolute atomic E-state index is 0.00819. The predicted octanol–water partition coefficient (Wildman–Crippen LogP) is 4.03. The van der Waals surface area contributed by atoms with E-state index in [4.69, 9.17) is 14.2 Å². The van der Waals surface area contributed by atoms with Crippen molar-refractivity contribution in [3.05, 3.63) is 30.4 Å². The summed E-state index contributed by atoms with van der Waals surface area (Å²) in [5, 5.41) is 0. The second kappa shape index (κ2) is 7.72. The summed E-state index contributed by atoms with van der Waals surface area (Å²) in [6.45, 7) is 13.2. The molecule has 4 heteroatoms. The number of rotatable bonds is 8. The van der Waals surface area contributed by atoms with E-state index in [2.05, 4.69) is 6.58 Å². The molecule has 116 valence electrons. The molecule has 0 aliphatic heterocycles. The second-order valence-corrected chi connectivity index (χ2v) is 5.28. The highest BCUT2D eigenvalue weighted by Crippen LogP contribution is 2.36. The van der Waals surface area contributed by atoms with E-state index in [1.54, 1.807) is 18.2 Å². The van der Waals surface area contributed by atoms with Gasteiger partial charge in [0.25, 0.3) is 0 Å². The van der Waals surface area contributed by atoms with E-state index in [9.17, 15) is 4.79 Å². The molecule has 0 bridgehead atoms. The lowest BCUT2D eigenvalue weighted by Crippen LogP contribution is -2.12. The highest BCUT2D eigenvalue weighted by Gasteiger charge is 2.17. The number of ether oxygens (including phenoxy) is 3. The molecule has 1 rings (SSSR count). The van der Waals surface area contributed by atoms with Crippen LogP contribution in [-0.2, 0) is 0 Å². The monoisotopic (exact) mass is 292 g/mol. The van der Waals surface area contributed by atoms with Gasteiger partial charge in [0.1, 0.15) is 12.4 Å². The van der Waals surface area contributed by atoms with Crippen molar-refractivity contribution in [2.24, 2.45) is 0 Å². The van der Waals surface area contributed by atoms with Crippen molar-refractivity contribution in [1.82, 2.24) is 0 Å². The zero-order valence-corrected chi connectivity index (χ0v) is 13.4. The largest absolute Gasteiger partial charge is 0.490 e. The lowest BCUT2D eigenvalue weighted by Gasteiger charge is -2.19. The van der Waals surface area contributed by atoms with Gasteiger partial charge in [-0.05, 0) is 40.7 Å². The van der Waals surface area contributed by atoms with Crippen LogP contribution in [0.5, 0.6) is 17.2 Å². The summed E-state index contributed by atoms with van der Waals surface area (Å²) < 4.78 is 17.0. The Hall–Kier alpha value is -1.97.